The van der Waals surface area contributed by atoms with Gasteiger partial charge in [0.15, 0.2) is 0 Å². The average Bonchev–Trinajstić information content (AvgIpc) is 2.27. The van der Waals surface area contributed by atoms with Crippen molar-refractivity contribution in [2.24, 2.45) is 5.92 Å². The number of hydrogen-bond acceptors (Lipinski definition) is 2. The molecule has 1 fully saturated rings. The minimum Gasteiger partial charge on any atom is -0.480 e. The molecule has 0 bridgehead atoms. The van der Waals surface area contributed by atoms with E-state index in [0.717, 1.165) is 25.7 Å². The predicted octanol–water partition coefficient (Wildman–Crippen LogP) is 2.46. The number of urea groups is 1. The summed E-state index contributed by atoms with van der Waals surface area (Å²) >= 11 is 0. The van der Waals surface area contributed by atoms with Crippen LogP contribution in [0, 0.1) is 5.92 Å². The molecule has 2 amide bonds. The zero-order valence-electron chi connectivity index (χ0n) is 12.4. The molecule has 2 atom stereocenters. The monoisotopic (exact) mass is 270 g/mol. The number of aliphatic carboxylic acids is 1. The summed E-state index contributed by atoms with van der Waals surface area (Å²) in [6.45, 7) is 8.43. The maximum atomic E-state index is 12.3. The molecule has 1 aliphatic rings. The first-order valence-electron chi connectivity index (χ1n) is 7.10. The molecule has 1 aliphatic heterocycles. The highest BCUT2D eigenvalue weighted by atomic mass is 16.4. The number of piperidine rings is 1. The highest BCUT2D eigenvalue weighted by molar-refractivity contribution is 5.83. The number of amides is 2. The standard InChI is InChI=1S/C14H26N2O3/c1-5-8-14(3,4)15-13(19)16-9-6-7-10(2)11(16)12(17)18/h10-11H,5-9H2,1-4H3,(H,15,19)(H,17,18). The molecule has 0 aliphatic carbocycles. The third-order valence-electron chi connectivity index (χ3n) is 3.77. The van der Waals surface area contributed by atoms with Gasteiger partial charge in [0.25, 0.3) is 0 Å². The number of carboxylic acids is 1. The van der Waals surface area contributed by atoms with Gasteiger partial charge in [0.2, 0.25) is 0 Å². The second-order valence-electron chi connectivity index (χ2n) is 6.16. The molecule has 0 aromatic carbocycles. The van der Waals surface area contributed by atoms with Crippen LogP contribution in [0.25, 0.3) is 0 Å². The lowest BCUT2D eigenvalue weighted by atomic mass is 9.91. The number of carbonyl (C=O) groups is 2. The molecule has 5 nitrogen and oxygen atoms in total. The quantitative estimate of drug-likeness (QED) is 0.824. The fraction of sp³-hybridized carbons (Fsp3) is 0.857. The van der Waals surface area contributed by atoms with Gasteiger partial charge in [0.05, 0.1) is 0 Å². The molecule has 110 valence electrons. The average molecular weight is 270 g/mol. The van der Waals surface area contributed by atoms with Crippen molar-refractivity contribution in [2.45, 2.75) is 65.0 Å². The third-order valence-corrected chi connectivity index (χ3v) is 3.77. The SMILES string of the molecule is CCCC(C)(C)NC(=O)N1CCCC(C)C1C(=O)O. The second-order valence-corrected chi connectivity index (χ2v) is 6.16. The van der Waals surface area contributed by atoms with E-state index in [9.17, 15) is 14.7 Å². The summed E-state index contributed by atoms with van der Waals surface area (Å²) in [5, 5.41) is 12.3. The Morgan fingerprint density at radius 3 is 2.58 bits per heavy atom. The van der Waals surface area contributed by atoms with Crippen molar-refractivity contribution in [3.63, 3.8) is 0 Å². The summed E-state index contributed by atoms with van der Waals surface area (Å²) in [6, 6.07) is -0.955. The Labute approximate surface area is 115 Å². The van der Waals surface area contributed by atoms with Gasteiger partial charge < -0.3 is 15.3 Å². The maximum absolute atomic E-state index is 12.3. The van der Waals surface area contributed by atoms with Gasteiger partial charge in [-0.1, -0.05) is 20.3 Å². The van der Waals surface area contributed by atoms with E-state index >= 15 is 0 Å². The minimum atomic E-state index is -0.907. The molecule has 1 saturated heterocycles. The Kier molecular flexibility index (Phi) is 5.20. The second kappa shape index (κ2) is 6.26. The third kappa shape index (κ3) is 4.11. The van der Waals surface area contributed by atoms with Gasteiger partial charge in [-0.25, -0.2) is 9.59 Å². The Balaban J connectivity index is 2.76. The van der Waals surface area contributed by atoms with Crippen LogP contribution in [0.15, 0.2) is 0 Å². The van der Waals surface area contributed by atoms with Gasteiger partial charge in [-0.3, -0.25) is 0 Å². The van der Waals surface area contributed by atoms with Gasteiger partial charge in [-0.05, 0) is 39.0 Å². The van der Waals surface area contributed by atoms with E-state index in [-0.39, 0.29) is 17.5 Å². The molecule has 0 saturated carbocycles. The zero-order valence-corrected chi connectivity index (χ0v) is 12.4. The van der Waals surface area contributed by atoms with Crippen molar-refractivity contribution in [3.8, 4) is 0 Å². The number of nitrogens with zero attached hydrogens (tertiary/aromatic N) is 1. The number of likely N-dealkylation sites (tertiary alicyclic amines) is 1. The summed E-state index contributed by atoms with van der Waals surface area (Å²) in [5.41, 5.74) is -0.296. The summed E-state index contributed by atoms with van der Waals surface area (Å²) < 4.78 is 0. The van der Waals surface area contributed by atoms with Crippen LogP contribution in [0.3, 0.4) is 0 Å². The van der Waals surface area contributed by atoms with Gasteiger partial charge in [-0.2, -0.15) is 0 Å². The van der Waals surface area contributed by atoms with E-state index in [1.807, 2.05) is 20.8 Å². The molecular formula is C14H26N2O3. The molecule has 19 heavy (non-hydrogen) atoms. The Bertz CT molecular complexity index is 342. The molecule has 0 radical (unpaired) electrons. The first-order chi connectivity index (χ1) is 8.78. The maximum Gasteiger partial charge on any atom is 0.326 e. The summed E-state index contributed by atoms with van der Waals surface area (Å²) in [5.74, 6) is -0.901. The van der Waals surface area contributed by atoms with E-state index in [2.05, 4.69) is 12.2 Å². The van der Waals surface area contributed by atoms with Crippen LogP contribution in [-0.4, -0.2) is 40.1 Å². The Morgan fingerprint density at radius 1 is 1.42 bits per heavy atom. The van der Waals surface area contributed by atoms with Crippen molar-refractivity contribution >= 4 is 12.0 Å². The summed E-state index contributed by atoms with van der Waals surface area (Å²) in [4.78, 5) is 25.1. The van der Waals surface area contributed by atoms with E-state index < -0.39 is 12.0 Å². The van der Waals surface area contributed by atoms with Crippen LogP contribution >= 0.6 is 0 Å². The fourth-order valence-electron chi connectivity index (χ4n) is 2.84. The molecule has 1 rings (SSSR count). The van der Waals surface area contributed by atoms with Crippen LogP contribution in [0.4, 0.5) is 4.79 Å². The van der Waals surface area contributed by atoms with Gasteiger partial charge >= 0.3 is 12.0 Å². The highest BCUT2D eigenvalue weighted by Gasteiger charge is 2.38. The molecular weight excluding hydrogens is 244 g/mol. The lowest BCUT2D eigenvalue weighted by molar-refractivity contribution is -0.145. The van der Waals surface area contributed by atoms with Crippen LogP contribution < -0.4 is 5.32 Å². The number of carboxylic acid groups (broad SMARTS) is 1. The van der Waals surface area contributed by atoms with Crippen LogP contribution in [0.1, 0.15) is 53.4 Å². The van der Waals surface area contributed by atoms with Crippen LogP contribution in [0.2, 0.25) is 0 Å². The Morgan fingerprint density at radius 2 is 2.05 bits per heavy atom. The summed E-state index contributed by atoms with van der Waals surface area (Å²) in [6.07, 6.45) is 3.58. The van der Waals surface area contributed by atoms with Crippen molar-refractivity contribution in [1.29, 1.82) is 0 Å². The first kappa shape index (κ1) is 15.8. The molecule has 0 aromatic heterocycles. The van der Waals surface area contributed by atoms with E-state index in [1.165, 1.54) is 4.90 Å². The largest absolute Gasteiger partial charge is 0.480 e. The fourth-order valence-corrected chi connectivity index (χ4v) is 2.84. The number of hydrogen-bond donors (Lipinski definition) is 2. The number of nitrogens with one attached hydrogen (secondary N) is 1. The van der Waals surface area contributed by atoms with Crippen molar-refractivity contribution in [1.82, 2.24) is 10.2 Å². The highest BCUT2D eigenvalue weighted by Crippen LogP contribution is 2.24. The van der Waals surface area contributed by atoms with Gasteiger partial charge in [-0.15, -0.1) is 0 Å². The molecule has 5 heteroatoms. The number of rotatable bonds is 4. The van der Waals surface area contributed by atoms with E-state index in [1.54, 1.807) is 0 Å². The molecule has 2 unspecified atom stereocenters. The van der Waals surface area contributed by atoms with E-state index in [4.69, 9.17) is 0 Å². The lowest BCUT2D eigenvalue weighted by Crippen LogP contribution is -2.58. The van der Waals surface area contributed by atoms with Crippen LogP contribution in [0.5, 0.6) is 0 Å². The van der Waals surface area contributed by atoms with Gasteiger partial charge in [0.1, 0.15) is 6.04 Å². The Hall–Kier alpha value is -1.26. The normalized spacial score (nSPS) is 24.1. The van der Waals surface area contributed by atoms with Crippen LogP contribution in [-0.2, 0) is 4.79 Å². The number of carbonyl (C=O) groups excluding carboxylic acids is 1. The molecule has 0 spiro atoms. The minimum absolute atomic E-state index is 0.00582. The van der Waals surface area contributed by atoms with Crippen molar-refractivity contribution < 1.29 is 14.7 Å². The lowest BCUT2D eigenvalue weighted by Gasteiger charge is -2.39. The summed E-state index contributed by atoms with van der Waals surface area (Å²) in [7, 11) is 0. The molecule has 1 heterocycles. The zero-order chi connectivity index (χ0) is 14.6. The first-order valence-corrected chi connectivity index (χ1v) is 7.10. The van der Waals surface area contributed by atoms with Gasteiger partial charge in [0, 0.05) is 12.1 Å². The predicted molar refractivity (Wildman–Crippen MR) is 74.0 cm³/mol. The molecule has 0 aromatic rings. The smallest absolute Gasteiger partial charge is 0.326 e. The van der Waals surface area contributed by atoms with Crippen molar-refractivity contribution in [2.75, 3.05) is 6.54 Å². The van der Waals surface area contributed by atoms with E-state index in [0.29, 0.717) is 6.54 Å². The molecule has 2 N–H and O–H groups in total. The topological polar surface area (TPSA) is 69.6 Å². The van der Waals surface area contributed by atoms with Crippen molar-refractivity contribution in [3.05, 3.63) is 0 Å².